The molecule has 2 aromatic rings. The minimum absolute atomic E-state index is 0.0926. The number of hydrogen-bond acceptors (Lipinski definition) is 4. The second-order valence-corrected chi connectivity index (χ2v) is 3.65. The van der Waals surface area contributed by atoms with Crippen molar-refractivity contribution in [3.63, 3.8) is 0 Å². The summed E-state index contributed by atoms with van der Waals surface area (Å²) in [5.74, 6) is -1.82. The third kappa shape index (κ3) is 2.79. The molecule has 0 aliphatic rings. The molecule has 0 spiro atoms. The van der Waals surface area contributed by atoms with Crippen molar-refractivity contribution in [3.8, 4) is 6.07 Å². The molecule has 6 heteroatoms. The average molecular weight is 256 g/mol. The van der Waals surface area contributed by atoms with Gasteiger partial charge >= 0.3 is 5.97 Å². The van der Waals surface area contributed by atoms with E-state index < -0.39 is 11.9 Å². The number of hydrogen-bond donors (Lipinski definition) is 2. The van der Waals surface area contributed by atoms with E-state index in [1.54, 1.807) is 24.3 Å². The maximum atomic E-state index is 11.7. The molecule has 0 bridgehead atoms. The monoisotopic (exact) mass is 256 g/mol. The molecule has 0 unspecified atom stereocenters. The van der Waals surface area contributed by atoms with Crippen LogP contribution in [0.5, 0.6) is 0 Å². The van der Waals surface area contributed by atoms with Gasteiger partial charge in [-0.2, -0.15) is 5.26 Å². The molecule has 2 N–H and O–H groups in total. The van der Waals surface area contributed by atoms with E-state index in [2.05, 4.69) is 5.32 Å². The summed E-state index contributed by atoms with van der Waals surface area (Å²) in [6, 6.07) is 9.34. The van der Waals surface area contributed by atoms with Gasteiger partial charge in [-0.05, 0) is 24.3 Å². The lowest BCUT2D eigenvalue weighted by Gasteiger charge is -2.02. The Morgan fingerprint density at radius 1 is 1.26 bits per heavy atom. The van der Waals surface area contributed by atoms with Crippen LogP contribution >= 0.6 is 0 Å². The zero-order chi connectivity index (χ0) is 13.8. The number of furan rings is 1. The molecular formula is C13H8N2O4. The van der Waals surface area contributed by atoms with E-state index in [4.69, 9.17) is 14.8 Å². The minimum Gasteiger partial charge on any atom is -0.478 e. The van der Waals surface area contributed by atoms with Crippen LogP contribution in [-0.2, 0) is 0 Å². The molecule has 0 saturated carbocycles. The smallest absolute Gasteiger partial charge is 0.338 e. The Bertz CT molecular complexity index is 665. The van der Waals surface area contributed by atoms with Crippen molar-refractivity contribution in [1.82, 2.24) is 0 Å². The first-order valence-electron chi connectivity index (χ1n) is 5.23. The number of carboxylic acid groups (broad SMARTS) is 1. The molecule has 0 aliphatic carbocycles. The average Bonchev–Trinajstić information content (AvgIpc) is 2.89. The predicted octanol–water partition coefficient (Wildman–Crippen LogP) is 2.10. The summed E-state index contributed by atoms with van der Waals surface area (Å²) in [5.41, 5.74) is 0.867. The molecule has 1 heterocycles. The van der Waals surface area contributed by atoms with Crippen LogP contribution in [0.25, 0.3) is 0 Å². The van der Waals surface area contributed by atoms with Crippen molar-refractivity contribution < 1.29 is 19.1 Å². The highest BCUT2D eigenvalue weighted by Gasteiger charge is 2.14. The van der Waals surface area contributed by atoms with Crippen molar-refractivity contribution in [1.29, 1.82) is 5.26 Å². The molecule has 6 nitrogen and oxygen atoms in total. The topological polar surface area (TPSA) is 103 Å². The summed E-state index contributed by atoms with van der Waals surface area (Å²) in [6.45, 7) is 0. The van der Waals surface area contributed by atoms with Crippen LogP contribution in [0.2, 0.25) is 0 Å². The first-order valence-corrected chi connectivity index (χ1v) is 5.23. The fourth-order valence-corrected chi connectivity index (χ4v) is 1.39. The normalized spacial score (nSPS) is 9.63. The van der Waals surface area contributed by atoms with E-state index in [1.165, 1.54) is 0 Å². The SMILES string of the molecule is N#Cc1ccc(NC(=O)c2cc(C(=O)O)co2)cc1. The van der Waals surface area contributed by atoms with Gasteiger partial charge in [0.05, 0.1) is 17.2 Å². The van der Waals surface area contributed by atoms with Gasteiger partial charge in [-0.25, -0.2) is 4.79 Å². The molecule has 0 atom stereocenters. The van der Waals surface area contributed by atoms with Gasteiger partial charge in [0.15, 0.2) is 5.76 Å². The summed E-state index contributed by atoms with van der Waals surface area (Å²) in [6.07, 6.45) is 0.996. The molecule has 94 valence electrons. The van der Waals surface area contributed by atoms with Crippen molar-refractivity contribution in [2.45, 2.75) is 0 Å². The zero-order valence-corrected chi connectivity index (χ0v) is 9.58. The van der Waals surface area contributed by atoms with Crippen molar-refractivity contribution >= 4 is 17.6 Å². The second kappa shape index (κ2) is 5.06. The number of aromatic carboxylic acids is 1. The van der Waals surface area contributed by atoms with E-state index in [0.717, 1.165) is 12.3 Å². The second-order valence-electron chi connectivity index (χ2n) is 3.65. The lowest BCUT2D eigenvalue weighted by Crippen LogP contribution is -2.10. The Labute approximate surface area is 107 Å². The summed E-state index contributed by atoms with van der Waals surface area (Å²) in [7, 11) is 0. The zero-order valence-electron chi connectivity index (χ0n) is 9.58. The highest BCUT2D eigenvalue weighted by molar-refractivity contribution is 6.03. The number of rotatable bonds is 3. The van der Waals surface area contributed by atoms with Crippen LogP contribution in [0.15, 0.2) is 41.0 Å². The van der Waals surface area contributed by atoms with Crippen LogP contribution in [0, 0.1) is 11.3 Å². The molecule has 0 fully saturated rings. The quantitative estimate of drug-likeness (QED) is 0.875. The summed E-state index contributed by atoms with van der Waals surface area (Å²) < 4.78 is 4.86. The van der Waals surface area contributed by atoms with Crippen molar-refractivity contribution in [2.75, 3.05) is 5.32 Å². The van der Waals surface area contributed by atoms with Gasteiger partial charge in [0.1, 0.15) is 6.26 Å². The molecule has 1 aromatic heterocycles. The van der Waals surface area contributed by atoms with E-state index in [1.807, 2.05) is 6.07 Å². The number of benzene rings is 1. The number of nitrogens with zero attached hydrogens (tertiary/aromatic N) is 1. The first kappa shape index (κ1) is 12.4. The molecule has 0 saturated heterocycles. The number of amides is 1. The Balaban J connectivity index is 2.11. The fourth-order valence-electron chi connectivity index (χ4n) is 1.39. The number of nitriles is 1. The molecular weight excluding hydrogens is 248 g/mol. The highest BCUT2D eigenvalue weighted by Crippen LogP contribution is 2.13. The first-order chi connectivity index (χ1) is 9.10. The lowest BCUT2D eigenvalue weighted by atomic mass is 10.2. The van der Waals surface area contributed by atoms with Crippen LogP contribution in [0.4, 0.5) is 5.69 Å². The van der Waals surface area contributed by atoms with Gasteiger partial charge in [-0.3, -0.25) is 4.79 Å². The predicted molar refractivity (Wildman–Crippen MR) is 64.8 cm³/mol. The maximum Gasteiger partial charge on any atom is 0.338 e. The summed E-state index contributed by atoms with van der Waals surface area (Å²) in [4.78, 5) is 22.4. The summed E-state index contributed by atoms with van der Waals surface area (Å²) in [5, 5.41) is 19.9. The van der Waals surface area contributed by atoms with Gasteiger partial charge in [0, 0.05) is 11.8 Å². The van der Waals surface area contributed by atoms with E-state index >= 15 is 0 Å². The number of carboxylic acids is 1. The van der Waals surface area contributed by atoms with Gasteiger partial charge in [-0.1, -0.05) is 0 Å². The summed E-state index contributed by atoms with van der Waals surface area (Å²) >= 11 is 0. The van der Waals surface area contributed by atoms with Gasteiger partial charge < -0.3 is 14.8 Å². The molecule has 0 aliphatic heterocycles. The van der Waals surface area contributed by atoms with E-state index in [9.17, 15) is 9.59 Å². The Kier molecular flexibility index (Phi) is 3.30. The number of anilines is 1. The van der Waals surface area contributed by atoms with Gasteiger partial charge in [0.2, 0.25) is 0 Å². The minimum atomic E-state index is -1.17. The largest absolute Gasteiger partial charge is 0.478 e. The van der Waals surface area contributed by atoms with E-state index in [-0.39, 0.29) is 11.3 Å². The van der Waals surface area contributed by atoms with Crippen molar-refractivity contribution in [3.05, 3.63) is 53.5 Å². The van der Waals surface area contributed by atoms with Crippen LogP contribution in [0.3, 0.4) is 0 Å². The Morgan fingerprint density at radius 2 is 1.95 bits per heavy atom. The van der Waals surface area contributed by atoms with Crippen LogP contribution in [-0.4, -0.2) is 17.0 Å². The third-order valence-corrected chi connectivity index (χ3v) is 2.34. The highest BCUT2D eigenvalue weighted by atomic mass is 16.4. The number of carbonyl (C=O) groups is 2. The van der Waals surface area contributed by atoms with Crippen LogP contribution < -0.4 is 5.32 Å². The van der Waals surface area contributed by atoms with Crippen LogP contribution in [0.1, 0.15) is 26.5 Å². The molecule has 1 amide bonds. The lowest BCUT2D eigenvalue weighted by molar-refractivity contribution is 0.0696. The maximum absolute atomic E-state index is 11.7. The Morgan fingerprint density at radius 3 is 2.47 bits per heavy atom. The fraction of sp³-hybridized carbons (Fsp3) is 0. The molecule has 19 heavy (non-hydrogen) atoms. The number of carbonyl (C=O) groups excluding carboxylic acids is 1. The van der Waals surface area contributed by atoms with Gasteiger partial charge in [0.25, 0.3) is 5.91 Å². The molecule has 0 radical (unpaired) electrons. The van der Waals surface area contributed by atoms with Crippen molar-refractivity contribution in [2.24, 2.45) is 0 Å². The standard InChI is InChI=1S/C13H8N2O4/c14-6-8-1-3-10(4-2-8)15-12(16)11-5-9(7-19-11)13(17)18/h1-5,7H,(H,15,16)(H,17,18). The number of nitrogens with one attached hydrogen (secondary N) is 1. The molecule has 1 aromatic carbocycles. The third-order valence-electron chi connectivity index (χ3n) is 2.34. The Hall–Kier alpha value is -3.07. The molecule has 2 rings (SSSR count). The van der Waals surface area contributed by atoms with E-state index in [0.29, 0.717) is 11.3 Å². The van der Waals surface area contributed by atoms with Gasteiger partial charge in [-0.15, -0.1) is 0 Å².